The summed E-state index contributed by atoms with van der Waals surface area (Å²) in [6, 6.07) is 5.30. The Morgan fingerprint density at radius 1 is 1.50 bits per heavy atom. The van der Waals surface area contributed by atoms with Crippen molar-refractivity contribution in [2.24, 2.45) is 0 Å². The van der Waals surface area contributed by atoms with Gasteiger partial charge < -0.3 is 9.47 Å². The normalized spacial score (nSPS) is 12.2. The minimum atomic E-state index is -0.342. The number of hydrogen-bond acceptors (Lipinski definition) is 4. The van der Waals surface area contributed by atoms with E-state index in [0.717, 1.165) is 5.56 Å². The van der Waals surface area contributed by atoms with Crippen LogP contribution in [0.1, 0.15) is 34.8 Å². The molecule has 1 aliphatic heterocycles. The quantitative estimate of drug-likeness (QED) is 0.586. The molecule has 0 saturated heterocycles. The number of ether oxygens (including phenoxy) is 2. The van der Waals surface area contributed by atoms with Gasteiger partial charge in [0, 0.05) is 11.1 Å². The molecule has 0 aromatic heterocycles. The molecule has 4 heteroatoms. The molecular formula is C14H12O4. The Morgan fingerprint density at radius 3 is 3.11 bits per heavy atom. The summed E-state index contributed by atoms with van der Waals surface area (Å²) in [6.07, 6.45) is 0.0510. The summed E-state index contributed by atoms with van der Waals surface area (Å²) in [6.45, 7) is 2.42. The van der Waals surface area contributed by atoms with E-state index < -0.39 is 0 Å². The van der Waals surface area contributed by atoms with E-state index in [1.54, 1.807) is 19.1 Å². The van der Waals surface area contributed by atoms with Crippen LogP contribution in [0.15, 0.2) is 18.2 Å². The Hall–Kier alpha value is -2.28. The zero-order valence-corrected chi connectivity index (χ0v) is 9.99. The van der Waals surface area contributed by atoms with Crippen LogP contribution in [0, 0.1) is 11.8 Å². The Bertz CT molecular complexity index is 549. The maximum atomic E-state index is 11.3. The van der Waals surface area contributed by atoms with E-state index >= 15 is 0 Å². The zero-order valence-electron chi connectivity index (χ0n) is 9.99. The van der Waals surface area contributed by atoms with Crippen LogP contribution >= 0.6 is 0 Å². The lowest BCUT2D eigenvalue weighted by molar-refractivity contribution is -0.141. The molecule has 0 spiro atoms. The second-order valence-corrected chi connectivity index (χ2v) is 3.73. The summed E-state index contributed by atoms with van der Waals surface area (Å²) in [5, 5.41) is 0. The van der Waals surface area contributed by atoms with Gasteiger partial charge in [0.15, 0.2) is 0 Å². The topological polar surface area (TPSA) is 52.6 Å². The van der Waals surface area contributed by atoms with Gasteiger partial charge in [0.1, 0.15) is 13.0 Å². The molecule has 0 radical (unpaired) electrons. The van der Waals surface area contributed by atoms with Crippen LogP contribution in [0.2, 0.25) is 0 Å². The Kier molecular flexibility index (Phi) is 3.63. The third kappa shape index (κ3) is 2.69. The van der Waals surface area contributed by atoms with E-state index in [9.17, 15) is 9.59 Å². The number of carbonyl (C=O) groups excluding carboxylic acids is 2. The monoisotopic (exact) mass is 244 g/mol. The lowest BCUT2D eigenvalue weighted by Crippen LogP contribution is -2.01. The van der Waals surface area contributed by atoms with Crippen molar-refractivity contribution in [3.8, 4) is 11.8 Å². The van der Waals surface area contributed by atoms with Gasteiger partial charge in [0.05, 0.1) is 12.2 Å². The Labute approximate surface area is 105 Å². The minimum Gasteiger partial charge on any atom is -0.465 e. The summed E-state index contributed by atoms with van der Waals surface area (Å²) in [7, 11) is 0. The number of carbonyl (C=O) groups is 2. The lowest BCUT2D eigenvalue weighted by atomic mass is 10.1. The number of hydrogen-bond donors (Lipinski definition) is 0. The van der Waals surface area contributed by atoms with Crippen LogP contribution in [0.5, 0.6) is 0 Å². The summed E-state index contributed by atoms with van der Waals surface area (Å²) >= 11 is 0. The largest absolute Gasteiger partial charge is 0.465 e. The van der Waals surface area contributed by atoms with Crippen molar-refractivity contribution in [2.75, 3.05) is 6.61 Å². The first kappa shape index (κ1) is 12.2. The van der Waals surface area contributed by atoms with Crippen LogP contribution < -0.4 is 0 Å². The summed E-state index contributed by atoms with van der Waals surface area (Å²) in [5.74, 6) is 4.88. The second-order valence-electron chi connectivity index (χ2n) is 3.73. The van der Waals surface area contributed by atoms with Crippen molar-refractivity contribution < 1.29 is 19.1 Å². The average molecular weight is 244 g/mol. The van der Waals surface area contributed by atoms with Gasteiger partial charge in [-0.15, -0.1) is 0 Å². The van der Waals surface area contributed by atoms with Crippen LogP contribution in [-0.4, -0.2) is 18.5 Å². The first-order valence-corrected chi connectivity index (χ1v) is 5.65. The Morgan fingerprint density at radius 2 is 2.33 bits per heavy atom. The summed E-state index contributed by atoms with van der Waals surface area (Å²) in [5.41, 5.74) is 2.12. The standard InChI is InChI=1S/C14H12O4/c1-2-17-13(15)5-3-4-10-6-7-11-9-18-14(16)12(11)8-10/h6-8H,2,5,9H2,1H3. The molecule has 0 amide bonds. The molecule has 92 valence electrons. The molecule has 0 saturated carbocycles. The maximum absolute atomic E-state index is 11.3. The van der Waals surface area contributed by atoms with Gasteiger partial charge in [-0.3, -0.25) is 4.79 Å². The number of benzene rings is 1. The van der Waals surface area contributed by atoms with Crippen LogP contribution in [-0.2, 0) is 20.9 Å². The van der Waals surface area contributed by atoms with Gasteiger partial charge in [0.2, 0.25) is 0 Å². The highest BCUT2D eigenvalue weighted by Crippen LogP contribution is 2.20. The van der Waals surface area contributed by atoms with Gasteiger partial charge in [0.25, 0.3) is 0 Å². The van der Waals surface area contributed by atoms with E-state index in [4.69, 9.17) is 9.47 Å². The molecule has 0 atom stereocenters. The molecule has 1 aliphatic rings. The van der Waals surface area contributed by atoms with E-state index in [1.807, 2.05) is 6.07 Å². The molecule has 0 unspecified atom stereocenters. The fourth-order valence-corrected chi connectivity index (χ4v) is 1.62. The predicted octanol–water partition coefficient (Wildman–Crippen LogP) is 1.66. The highest BCUT2D eigenvalue weighted by molar-refractivity contribution is 5.93. The lowest BCUT2D eigenvalue weighted by Gasteiger charge is -1.96. The van der Waals surface area contributed by atoms with Crippen molar-refractivity contribution in [3.05, 3.63) is 34.9 Å². The summed E-state index contributed by atoms with van der Waals surface area (Å²) in [4.78, 5) is 22.4. The fraction of sp³-hybridized carbons (Fsp3) is 0.286. The zero-order chi connectivity index (χ0) is 13.0. The first-order chi connectivity index (χ1) is 8.70. The van der Waals surface area contributed by atoms with Crippen molar-refractivity contribution in [3.63, 3.8) is 0 Å². The SMILES string of the molecule is CCOC(=O)CC#Cc1ccc2c(c1)C(=O)OC2. The molecule has 2 rings (SSSR count). The minimum absolute atomic E-state index is 0.0510. The molecule has 4 nitrogen and oxygen atoms in total. The molecule has 0 fully saturated rings. The second kappa shape index (κ2) is 5.37. The number of rotatable bonds is 2. The van der Waals surface area contributed by atoms with Gasteiger partial charge in [-0.2, -0.15) is 0 Å². The van der Waals surface area contributed by atoms with E-state index in [0.29, 0.717) is 24.3 Å². The average Bonchev–Trinajstić information content (AvgIpc) is 2.71. The molecule has 18 heavy (non-hydrogen) atoms. The van der Waals surface area contributed by atoms with Gasteiger partial charge >= 0.3 is 11.9 Å². The van der Waals surface area contributed by atoms with E-state index in [2.05, 4.69) is 11.8 Å². The van der Waals surface area contributed by atoms with Crippen LogP contribution in [0.3, 0.4) is 0 Å². The predicted molar refractivity (Wildman–Crippen MR) is 63.7 cm³/mol. The smallest absolute Gasteiger partial charge is 0.338 e. The number of fused-ring (bicyclic) bond motifs is 1. The van der Waals surface area contributed by atoms with Gasteiger partial charge in [-0.25, -0.2) is 4.79 Å². The molecule has 0 N–H and O–H groups in total. The third-order valence-electron chi connectivity index (χ3n) is 2.46. The van der Waals surface area contributed by atoms with E-state index in [-0.39, 0.29) is 18.4 Å². The number of esters is 2. The molecule has 1 heterocycles. The highest BCUT2D eigenvalue weighted by Gasteiger charge is 2.20. The first-order valence-electron chi connectivity index (χ1n) is 5.65. The third-order valence-corrected chi connectivity index (χ3v) is 2.46. The number of cyclic esters (lactones) is 1. The summed E-state index contributed by atoms with van der Waals surface area (Å²) < 4.78 is 9.65. The molecule has 0 bridgehead atoms. The fourth-order valence-electron chi connectivity index (χ4n) is 1.62. The Balaban J connectivity index is 2.07. The van der Waals surface area contributed by atoms with Crippen LogP contribution in [0.25, 0.3) is 0 Å². The molecule has 1 aromatic rings. The van der Waals surface area contributed by atoms with Crippen molar-refractivity contribution in [1.29, 1.82) is 0 Å². The van der Waals surface area contributed by atoms with Crippen molar-refractivity contribution >= 4 is 11.9 Å². The highest BCUT2D eigenvalue weighted by atomic mass is 16.5. The van der Waals surface area contributed by atoms with E-state index in [1.165, 1.54) is 0 Å². The van der Waals surface area contributed by atoms with Crippen molar-refractivity contribution in [1.82, 2.24) is 0 Å². The van der Waals surface area contributed by atoms with Crippen molar-refractivity contribution in [2.45, 2.75) is 20.0 Å². The van der Waals surface area contributed by atoms with Gasteiger partial charge in [-0.05, 0) is 19.1 Å². The maximum Gasteiger partial charge on any atom is 0.338 e. The molecular weight excluding hydrogens is 232 g/mol. The van der Waals surface area contributed by atoms with Gasteiger partial charge in [-0.1, -0.05) is 17.9 Å². The molecule has 1 aromatic carbocycles. The van der Waals surface area contributed by atoms with Crippen LogP contribution in [0.4, 0.5) is 0 Å². The molecule has 0 aliphatic carbocycles.